The van der Waals surface area contributed by atoms with Crippen molar-refractivity contribution < 1.29 is 23.0 Å². The summed E-state index contributed by atoms with van der Waals surface area (Å²) in [5, 5.41) is 7.23. The highest BCUT2D eigenvalue weighted by Gasteiger charge is 2.15. The Bertz CT molecular complexity index is 722. The van der Waals surface area contributed by atoms with Crippen LogP contribution in [-0.2, 0) is 13.1 Å². The quantitative estimate of drug-likeness (QED) is 0.825. The third kappa shape index (κ3) is 4.14. The predicted molar refractivity (Wildman–Crippen MR) is 83.7 cm³/mol. The van der Waals surface area contributed by atoms with Gasteiger partial charge in [-0.25, -0.2) is 0 Å². The van der Waals surface area contributed by atoms with Gasteiger partial charge < -0.3 is 14.8 Å². The van der Waals surface area contributed by atoms with Crippen molar-refractivity contribution >= 4 is 17.5 Å². The Morgan fingerprint density at radius 2 is 2.17 bits per heavy atom. The van der Waals surface area contributed by atoms with Crippen LogP contribution in [0.3, 0.4) is 0 Å². The molecule has 0 unspecified atom stereocenters. The predicted octanol–water partition coefficient (Wildman–Crippen LogP) is 3.10. The van der Waals surface area contributed by atoms with Crippen molar-refractivity contribution in [3.05, 3.63) is 40.7 Å². The standard InChI is InChI=1S/C15H16ClF2N3O3/c1-3-21-11(10(16)7-20-21)8-19-14(22)9-4-5-12(24-15(17)18)13(6-9)23-2/h4-7,15H,3,8H2,1-2H3,(H,19,22). The Hall–Kier alpha value is -2.35. The molecule has 1 amide bonds. The third-order valence-corrected chi connectivity index (χ3v) is 3.57. The maximum atomic E-state index is 12.3. The molecular weight excluding hydrogens is 344 g/mol. The molecule has 130 valence electrons. The molecule has 0 fully saturated rings. The second kappa shape index (κ2) is 7.96. The van der Waals surface area contributed by atoms with Gasteiger partial charge >= 0.3 is 6.61 Å². The van der Waals surface area contributed by atoms with Crippen LogP contribution in [0.2, 0.25) is 5.02 Å². The minimum Gasteiger partial charge on any atom is -0.493 e. The summed E-state index contributed by atoms with van der Waals surface area (Å²) in [6.07, 6.45) is 1.51. The van der Waals surface area contributed by atoms with Crippen molar-refractivity contribution in [1.82, 2.24) is 15.1 Å². The molecule has 6 nitrogen and oxygen atoms in total. The van der Waals surface area contributed by atoms with Gasteiger partial charge in [0.25, 0.3) is 5.91 Å². The number of hydrogen-bond donors (Lipinski definition) is 1. The summed E-state index contributed by atoms with van der Waals surface area (Å²) in [6, 6.07) is 3.95. The number of aromatic nitrogens is 2. The van der Waals surface area contributed by atoms with Crippen LogP contribution in [0.5, 0.6) is 11.5 Å². The largest absolute Gasteiger partial charge is 0.493 e. The third-order valence-electron chi connectivity index (χ3n) is 3.26. The van der Waals surface area contributed by atoms with Gasteiger partial charge in [0.1, 0.15) is 0 Å². The molecule has 0 aliphatic rings. The van der Waals surface area contributed by atoms with Crippen LogP contribution >= 0.6 is 11.6 Å². The van der Waals surface area contributed by atoms with Gasteiger partial charge in [0.15, 0.2) is 11.5 Å². The maximum absolute atomic E-state index is 12.3. The summed E-state index contributed by atoms with van der Waals surface area (Å²) in [5.74, 6) is -0.507. The van der Waals surface area contributed by atoms with Crippen LogP contribution in [0, 0.1) is 0 Å². The molecule has 0 aliphatic carbocycles. The van der Waals surface area contributed by atoms with Crippen molar-refractivity contribution in [2.24, 2.45) is 0 Å². The molecule has 2 rings (SSSR count). The monoisotopic (exact) mass is 359 g/mol. The van der Waals surface area contributed by atoms with Crippen LogP contribution in [0.4, 0.5) is 8.78 Å². The summed E-state index contributed by atoms with van der Waals surface area (Å²) >= 11 is 6.03. The Morgan fingerprint density at radius 1 is 1.42 bits per heavy atom. The second-order valence-electron chi connectivity index (χ2n) is 4.68. The van der Waals surface area contributed by atoms with E-state index in [9.17, 15) is 13.6 Å². The number of carbonyl (C=O) groups excluding carboxylic acids is 1. The Labute approximate surface area is 142 Å². The minimum atomic E-state index is -2.98. The van der Waals surface area contributed by atoms with E-state index in [0.717, 1.165) is 0 Å². The van der Waals surface area contributed by atoms with Gasteiger partial charge in [-0.3, -0.25) is 9.48 Å². The van der Waals surface area contributed by atoms with Crippen LogP contribution in [-0.4, -0.2) is 29.4 Å². The fourth-order valence-electron chi connectivity index (χ4n) is 2.10. The fraction of sp³-hybridized carbons (Fsp3) is 0.333. The molecule has 0 spiro atoms. The van der Waals surface area contributed by atoms with Crippen molar-refractivity contribution in [3.8, 4) is 11.5 Å². The first-order chi connectivity index (χ1) is 11.5. The van der Waals surface area contributed by atoms with Gasteiger partial charge in [-0.1, -0.05) is 11.6 Å². The van der Waals surface area contributed by atoms with Crippen molar-refractivity contribution in [3.63, 3.8) is 0 Å². The van der Waals surface area contributed by atoms with Gasteiger partial charge in [0.05, 0.1) is 30.6 Å². The Kier molecular flexibility index (Phi) is 5.97. The van der Waals surface area contributed by atoms with Gasteiger partial charge in [-0.2, -0.15) is 13.9 Å². The number of ether oxygens (including phenoxy) is 2. The zero-order chi connectivity index (χ0) is 17.7. The first-order valence-corrected chi connectivity index (χ1v) is 7.45. The number of nitrogens with zero attached hydrogens (tertiary/aromatic N) is 2. The van der Waals surface area contributed by atoms with Crippen LogP contribution < -0.4 is 14.8 Å². The molecule has 24 heavy (non-hydrogen) atoms. The molecule has 0 saturated heterocycles. The van der Waals surface area contributed by atoms with Crippen molar-refractivity contribution in [1.29, 1.82) is 0 Å². The lowest BCUT2D eigenvalue weighted by Gasteiger charge is -2.12. The summed E-state index contributed by atoms with van der Waals surface area (Å²) in [7, 11) is 1.30. The highest BCUT2D eigenvalue weighted by atomic mass is 35.5. The van der Waals surface area contributed by atoms with Gasteiger partial charge in [-0.05, 0) is 25.1 Å². The number of nitrogens with one attached hydrogen (secondary N) is 1. The maximum Gasteiger partial charge on any atom is 0.387 e. The Balaban J connectivity index is 2.11. The van der Waals surface area contributed by atoms with Crippen molar-refractivity contribution in [2.45, 2.75) is 26.6 Å². The number of carbonyl (C=O) groups is 1. The number of aryl methyl sites for hydroxylation is 1. The van der Waals surface area contributed by atoms with E-state index in [0.29, 0.717) is 17.3 Å². The van der Waals surface area contributed by atoms with Crippen molar-refractivity contribution in [2.75, 3.05) is 7.11 Å². The lowest BCUT2D eigenvalue weighted by atomic mass is 10.2. The van der Waals surface area contributed by atoms with E-state index in [1.54, 1.807) is 4.68 Å². The number of methoxy groups -OCH3 is 1. The molecular formula is C15H16ClF2N3O3. The van der Waals surface area contributed by atoms with Crippen LogP contribution in [0.1, 0.15) is 23.0 Å². The SMILES string of the molecule is CCn1ncc(Cl)c1CNC(=O)c1ccc(OC(F)F)c(OC)c1. The highest BCUT2D eigenvalue weighted by molar-refractivity contribution is 6.31. The molecule has 0 saturated carbocycles. The zero-order valence-corrected chi connectivity index (χ0v) is 13.8. The van der Waals surface area contributed by atoms with Crippen LogP contribution in [0.15, 0.2) is 24.4 Å². The average molecular weight is 360 g/mol. The lowest BCUT2D eigenvalue weighted by Crippen LogP contribution is -2.24. The molecule has 1 aromatic heterocycles. The minimum absolute atomic E-state index is 0.0413. The number of amides is 1. The number of alkyl halides is 2. The normalized spacial score (nSPS) is 10.8. The van der Waals surface area contributed by atoms with Gasteiger partial charge in [-0.15, -0.1) is 0 Å². The van der Waals surface area contributed by atoms with E-state index in [1.807, 2.05) is 6.92 Å². The number of hydrogen-bond acceptors (Lipinski definition) is 4. The van der Waals surface area contributed by atoms with E-state index < -0.39 is 12.5 Å². The first kappa shape index (κ1) is 18.0. The number of rotatable bonds is 7. The molecule has 0 aliphatic heterocycles. The molecule has 1 N–H and O–H groups in total. The van der Waals surface area contributed by atoms with E-state index in [1.165, 1.54) is 31.5 Å². The molecule has 0 atom stereocenters. The highest BCUT2D eigenvalue weighted by Crippen LogP contribution is 2.29. The van der Waals surface area contributed by atoms with Crippen LogP contribution in [0.25, 0.3) is 0 Å². The molecule has 1 aromatic carbocycles. The molecule has 1 heterocycles. The molecule has 2 aromatic rings. The van der Waals surface area contributed by atoms with E-state index >= 15 is 0 Å². The molecule has 9 heteroatoms. The summed E-state index contributed by atoms with van der Waals surface area (Å²) < 4.78 is 35.6. The van der Waals surface area contributed by atoms with E-state index in [-0.39, 0.29) is 23.6 Å². The number of halogens is 3. The van der Waals surface area contributed by atoms with E-state index in [2.05, 4.69) is 15.2 Å². The van der Waals surface area contributed by atoms with Gasteiger partial charge in [0.2, 0.25) is 0 Å². The zero-order valence-electron chi connectivity index (χ0n) is 13.1. The van der Waals surface area contributed by atoms with E-state index in [4.69, 9.17) is 16.3 Å². The molecule has 0 radical (unpaired) electrons. The average Bonchev–Trinajstić information content (AvgIpc) is 2.92. The second-order valence-corrected chi connectivity index (χ2v) is 5.09. The Morgan fingerprint density at radius 3 is 2.79 bits per heavy atom. The summed E-state index contributed by atoms with van der Waals surface area (Å²) in [5.41, 5.74) is 0.921. The summed E-state index contributed by atoms with van der Waals surface area (Å²) in [4.78, 5) is 12.2. The smallest absolute Gasteiger partial charge is 0.387 e. The lowest BCUT2D eigenvalue weighted by molar-refractivity contribution is -0.0512. The topological polar surface area (TPSA) is 65.4 Å². The van der Waals surface area contributed by atoms with Gasteiger partial charge in [0, 0.05) is 12.1 Å². The number of benzene rings is 1. The fourth-order valence-corrected chi connectivity index (χ4v) is 2.31. The first-order valence-electron chi connectivity index (χ1n) is 7.07. The summed E-state index contributed by atoms with van der Waals surface area (Å²) in [6.45, 7) is -0.273. The molecule has 0 bridgehead atoms.